The van der Waals surface area contributed by atoms with Gasteiger partial charge in [0.1, 0.15) is 6.61 Å². The molecule has 0 aromatic heterocycles. The minimum absolute atomic E-state index is 0.146. The fourth-order valence-corrected chi connectivity index (χ4v) is 2.42. The number of rotatable bonds is 8. The highest BCUT2D eigenvalue weighted by Gasteiger charge is 2.12. The van der Waals surface area contributed by atoms with Crippen molar-refractivity contribution >= 4 is 17.3 Å². The van der Waals surface area contributed by atoms with E-state index in [0.717, 1.165) is 19.6 Å². The quantitative estimate of drug-likeness (QED) is 0.723. The van der Waals surface area contributed by atoms with Gasteiger partial charge in [0, 0.05) is 24.8 Å². The molecule has 2 rings (SSSR count). The standard InChI is InChI=1S/C15H22ClFN2O2/c16-10-13(20)11-18-12-3-4-15(14(17)9-12)21-8-7-19-5-1-2-6-19/h3-4,9,13,18,20H,1-2,5-8,10-11H2. The molecule has 6 heteroatoms. The number of nitrogens with zero attached hydrogens (tertiary/aromatic N) is 1. The van der Waals surface area contributed by atoms with Crippen LogP contribution in [0.1, 0.15) is 12.8 Å². The minimum Gasteiger partial charge on any atom is -0.489 e. The summed E-state index contributed by atoms with van der Waals surface area (Å²) in [4.78, 5) is 2.32. The number of nitrogens with one attached hydrogen (secondary N) is 1. The molecule has 118 valence electrons. The number of aliphatic hydroxyl groups excluding tert-OH is 1. The van der Waals surface area contributed by atoms with Crippen molar-refractivity contribution in [2.45, 2.75) is 18.9 Å². The summed E-state index contributed by atoms with van der Waals surface area (Å²) in [6.07, 6.45) is 1.83. The van der Waals surface area contributed by atoms with Crippen molar-refractivity contribution in [2.75, 3.05) is 44.0 Å². The number of hydrogen-bond acceptors (Lipinski definition) is 4. The summed E-state index contributed by atoms with van der Waals surface area (Å²) in [5, 5.41) is 12.3. The van der Waals surface area contributed by atoms with Gasteiger partial charge in [-0.3, -0.25) is 4.90 Å². The summed E-state index contributed by atoms with van der Waals surface area (Å²) >= 11 is 5.50. The first kappa shape index (κ1) is 16.3. The molecule has 1 heterocycles. The molecule has 0 saturated carbocycles. The monoisotopic (exact) mass is 316 g/mol. The van der Waals surface area contributed by atoms with Crippen LogP contribution >= 0.6 is 11.6 Å². The summed E-state index contributed by atoms with van der Waals surface area (Å²) < 4.78 is 19.4. The lowest BCUT2D eigenvalue weighted by Crippen LogP contribution is -2.25. The lowest BCUT2D eigenvalue weighted by Gasteiger charge is -2.15. The molecule has 0 spiro atoms. The lowest BCUT2D eigenvalue weighted by atomic mass is 10.2. The molecule has 1 aromatic carbocycles. The van der Waals surface area contributed by atoms with E-state index in [1.54, 1.807) is 12.1 Å². The van der Waals surface area contributed by atoms with E-state index in [1.807, 2.05) is 0 Å². The Hall–Kier alpha value is -1.04. The van der Waals surface area contributed by atoms with Gasteiger partial charge in [-0.25, -0.2) is 4.39 Å². The number of hydrogen-bond donors (Lipinski definition) is 2. The SMILES string of the molecule is OC(CCl)CNc1ccc(OCCN2CCCC2)c(F)c1. The van der Waals surface area contributed by atoms with E-state index in [1.165, 1.54) is 18.9 Å². The van der Waals surface area contributed by atoms with Gasteiger partial charge in [0.25, 0.3) is 0 Å². The zero-order valence-corrected chi connectivity index (χ0v) is 12.8. The maximum absolute atomic E-state index is 13.9. The fraction of sp³-hybridized carbons (Fsp3) is 0.600. The van der Waals surface area contributed by atoms with E-state index in [4.69, 9.17) is 16.3 Å². The van der Waals surface area contributed by atoms with Crippen LogP contribution in [-0.2, 0) is 0 Å². The first-order chi connectivity index (χ1) is 10.2. The van der Waals surface area contributed by atoms with E-state index in [2.05, 4.69) is 10.2 Å². The number of alkyl halides is 1. The molecule has 1 atom stereocenters. The van der Waals surface area contributed by atoms with Crippen LogP contribution in [0.2, 0.25) is 0 Å². The van der Waals surface area contributed by atoms with Gasteiger partial charge < -0.3 is 15.2 Å². The zero-order valence-electron chi connectivity index (χ0n) is 12.0. The number of benzene rings is 1. The maximum atomic E-state index is 13.9. The van der Waals surface area contributed by atoms with Crippen LogP contribution in [0.3, 0.4) is 0 Å². The summed E-state index contributed by atoms with van der Waals surface area (Å²) in [6.45, 7) is 3.84. The van der Waals surface area contributed by atoms with Gasteiger partial charge in [-0.05, 0) is 38.1 Å². The third kappa shape index (κ3) is 5.34. The largest absolute Gasteiger partial charge is 0.489 e. The zero-order chi connectivity index (χ0) is 15.1. The van der Waals surface area contributed by atoms with Crippen molar-refractivity contribution in [1.29, 1.82) is 0 Å². The second-order valence-electron chi connectivity index (χ2n) is 5.23. The van der Waals surface area contributed by atoms with Crippen LogP contribution in [0.25, 0.3) is 0 Å². The second kappa shape index (κ2) is 8.41. The van der Waals surface area contributed by atoms with Crippen LogP contribution in [0.4, 0.5) is 10.1 Å². The smallest absolute Gasteiger partial charge is 0.167 e. The second-order valence-corrected chi connectivity index (χ2v) is 5.54. The van der Waals surface area contributed by atoms with Gasteiger partial charge >= 0.3 is 0 Å². The average Bonchev–Trinajstić information content (AvgIpc) is 3.00. The maximum Gasteiger partial charge on any atom is 0.167 e. The molecule has 1 unspecified atom stereocenters. The number of likely N-dealkylation sites (tertiary alicyclic amines) is 1. The van der Waals surface area contributed by atoms with E-state index in [0.29, 0.717) is 12.3 Å². The molecule has 1 fully saturated rings. The van der Waals surface area contributed by atoms with Crippen LogP contribution < -0.4 is 10.1 Å². The molecule has 0 aliphatic carbocycles. The third-order valence-corrected chi connectivity index (χ3v) is 3.87. The van der Waals surface area contributed by atoms with Crippen LogP contribution in [0, 0.1) is 5.82 Å². The van der Waals surface area contributed by atoms with Gasteiger partial charge in [-0.15, -0.1) is 11.6 Å². The van der Waals surface area contributed by atoms with Crippen molar-refractivity contribution < 1.29 is 14.2 Å². The Morgan fingerprint density at radius 3 is 2.81 bits per heavy atom. The fourth-order valence-electron chi connectivity index (χ4n) is 2.31. The van der Waals surface area contributed by atoms with Gasteiger partial charge in [-0.1, -0.05) is 0 Å². The highest BCUT2D eigenvalue weighted by Crippen LogP contribution is 2.21. The highest BCUT2D eigenvalue weighted by molar-refractivity contribution is 6.18. The molecular formula is C15H22ClFN2O2. The van der Waals surface area contributed by atoms with Crippen LogP contribution in [-0.4, -0.2) is 54.8 Å². The predicted molar refractivity (Wildman–Crippen MR) is 82.8 cm³/mol. The number of ether oxygens (including phenoxy) is 1. The number of anilines is 1. The van der Waals surface area contributed by atoms with Crippen molar-refractivity contribution in [2.24, 2.45) is 0 Å². The molecule has 2 N–H and O–H groups in total. The molecule has 1 aliphatic rings. The molecule has 0 radical (unpaired) electrons. The summed E-state index contributed by atoms with van der Waals surface area (Å²) in [7, 11) is 0. The lowest BCUT2D eigenvalue weighted by molar-refractivity contribution is 0.211. The molecule has 1 saturated heterocycles. The van der Waals surface area contributed by atoms with Crippen molar-refractivity contribution in [1.82, 2.24) is 4.90 Å². The molecule has 21 heavy (non-hydrogen) atoms. The Kier molecular flexibility index (Phi) is 6.54. The predicted octanol–water partition coefficient (Wildman–Crippen LogP) is 2.31. The number of aliphatic hydroxyl groups is 1. The molecule has 4 nitrogen and oxygen atoms in total. The van der Waals surface area contributed by atoms with Gasteiger partial charge in [0.2, 0.25) is 0 Å². The Morgan fingerprint density at radius 1 is 1.38 bits per heavy atom. The highest BCUT2D eigenvalue weighted by atomic mass is 35.5. The van der Waals surface area contributed by atoms with Gasteiger partial charge in [0.15, 0.2) is 11.6 Å². The number of halogens is 2. The minimum atomic E-state index is -0.647. The Morgan fingerprint density at radius 2 is 2.14 bits per heavy atom. The van der Waals surface area contributed by atoms with Crippen molar-refractivity contribution in [3.8, 4) is 5.75 Å². The summed E-state index contributed by atoms with van der Waals surface area (Å²) in [5.74, 6) is 0.00659. The normalized spacial score (nSPS) is 16.9. The van der Waals surface area contributed by atoms with Crippen molar-refractivity contribution in [3.05, 3.63) is 24.0 Å². The molecule has 0 bridgehead atoms. The van der Waals surface area contributed by atoms with E-state index in [9.17, 15) is 9.50 Å². The molecule has 1 aromatic rings. The first-order valence-electron chi connectivity index (χ1n) is 7.31. The van der Waals surface area contributed by atoms with Crippen molar-refractivity contribution in [3.63, 3.8) is 0 Å². The Bertz CT molecular complexity index is 442. The summed E-state index contributed by atoms with van der Waals surface area (Å²) in [6, 6.07) is 4.70. The summed E-state index contributed by atoms with van der Waals surface area (Å²) in [5.41, 5.74) is 0.601. The molecular weight excluding hydrogens is 295 g/mol. The Balaban J connectivity index is 1.78. The topological polar surface area (TPSA) is 44.7 Å². The van der Waals surface area contributed by atoms with Crippen LogP contribution in [0.5, 0.6) is 5.75 Å². The molecule has 1 aliphatic heterocycles. The van der Waals surface area contributed by atoms with E-state index >= 15 is 0 Å². The third-order valence-electron chi connectivity index (χ3n) is 3.52. The van der Waals surface area contributed by atoms with Gasteiger partial charge in [-0.2, -0.15) is 0 Å². The first-order valence-corrected chi connectivity index (χ1v) is 7.85. The van der Waals surface area contributed by atoms with Crippen LogP contribution in [0.15, 0.2) is 18.2 Å². The van der Waals surface area contributed by atoms with Gasteiger partial charge in [0.05, 0.1) is 12.0 Å². The van der Waals surface area contributed by atoms with E-state index < -0.39 is 11.9 Å². The molecule has 0 amide bonds. The Labute approximate surface area is 129 Å². The van der Waals surface area contributed by atoms with E-state index in [-0.39, 0.29) is 18.2 Å². The average molecular weight is 317 g/mol.